The number of benzene rings is 2. The summed E-state index contributed by atoms with van der Waals surface area (Å²) >= 11 is 1.58. The van der Waals surface area contributed by atoms with Crippen LogP contribution in [0.4, 0.5) is 0 Å². The molecule has 2 aromatic heterocycles. The number of hydrogen-bond donors (Lipinski definition) is 0. The average Bonchev–Trinajstić information content (AvgIpc) is 3.40. The molecule has 0 unspecified atom stereocenters. The van der Waals surface area contributed by atoms with E-state index in [2.05, 4.69) is 48.1 Å². The SMILES string of the molecule is CC1(C)CC(c2ccc(OCc3ccc4ccccc4n3)cc2)=C(c2cscn2)O1. The smallest absolute Gasteiger partial charge is 0.150 e. The molecule has 4 aromatic rings. The lowest BCUT2D eigenvalue weighted by Crippen LogP contribution is -2.17. The van der Waals surface area contributed by atoms with Crippen molar-refractivity contribution in [1.82, 2.24) is 9.97 Å². The Hall–Kier alpha value is -3.18. The molecule has 0 N–H and O–H groups in total. The van der Waals surface area contributed by atoms with Crippen LogP contribution in [0.1, 0.15) is 37.2 Å². The zero-order valence-electron chi connectivity index (χ0n) is 17.0. The largest absolute Gasteiger partial charge is 0.487 e. The number of rotatable bonds is 5. The van der Waals surface area contributed by atoms with Crippen LogP contribution in [-0.4, -0.2) is 15.6 Å². The van der Waals surface area contributed by atoms with Crippen molar-refractivity contribution in [1.29, 1.82) is 0 Å². The third-order valence-electron chi connectivity index (χ3n) is 5.17. The fourth-order valence-corrected chi connectivity index (χ4v) is 4.27. The molecule has 1 aliphatic rings. The highest BCUT2D eigenvalue weighted by atomic mass is 32.1. The Balaban J connectivity index is 1.34. The minimum atomic E-state index is -0.231. The summed E-state index contributed by atoms with van der Waals surface area (Å²) in [5.41, 5.74) is 6.74. The van der Waals surface area contributed by atoms with Crippen LogP contribution >= 0.6 is 11.3 Å². The number of hydrogen-bond acceptors (Lipinski definition) is 5. The van der Waals surface area contributed by atoms with Gasteiger partial charge < -0.3 is 9.47 Å². The van der Waals surface area contributed by atoms with Crippen LogP contribution in [0.25, 0.3) is 22.2 Å². The van der Waals surface area contributed by atoms with Gasteiger partial charge in [-0.3, -0.25) is 0 Å². The number of para-hydroxylation sites is 1. The maximum Gasteiger partial charge on any atom is 0.150 e. The second-order valence-electron chi connectivity index (χ2n) is 8.03. The maximum atomic E-state index is 6.22. The van der Waals surface area contributed by atoms with Gasteiger partial charge >= 0.3 is 0 Å². The van der Waals surface area contributed by atoms with E-state index in [0.717, 1.165) is 45.8 Å². The molecule has 3 heterocycles. The first-order chi connectivity index (χ1) is 14.6. The molecule has 0 saturated carbocycles. The Morgan fingerprint density at radius 3 is 2.67 bits per heavy atom. The summed E-state index contributed by atoms with van der Waals surface area (Å²) in [6.45, 7) is 4.66. The molecule has 0 aliphatic carbocycles. The predicted octanol–water partition coefficient (Wildman–Crippen LogP) is 6.34. The molecular weight excluding hydrogens is 392 g/mol. The van der Waals surface area contributed by atoms with E-state index in [1.54, 1.807) is 11.3 Å². The van der Waals surface area contributed by atoms with Crippen molar-refractivity contribution in [3.05, 3.63) is 88.5 Å². The fourth-order valence-electron chi connectivity index (χ4n) is 3.74. The van der Waals surface area contributed by atoms with Gasteiger partial charge in [-0.1, -0.05) is 36.4 Å². The molecular formula is C25H22N2O2S. The van der Waals surface area contributed by atoms with Crippen molar-refractivity contribution in [2.45, 2.75) is 32.5 Å². The number of aromatic nitrogens is 2. The third-order valence-corrected chi connectivity index (χ3v) is 5.75. The molecule has 0 fully saturated rings. The number of thiazole rings is 1. The van der Waals surface area contributed by atoms with Crippen LogP contribution in [0, 0.1) is 0 Å². The van der Waals surface area contributed by atoms with Crippen LogP contribution in [0.2, 0.25) is 0 Å². The first kappa shape index (κ1) is 18.8. The van der Waals surface area contributed by atoms with Crippen molar-refractivity contribution in [2.24, 2.45) is 0 Å². The molecule has 0 bridgehead atoms. The topological polar surface area (TPSA) is 44.2 Å². The molecule has 5 heteroatoms. The summed E-state index contributed by atoms with van der Waals surface area (Å²) in [6, 6.07) is 20.4. The summed E-state index contributed by atoms with van der Waals surface area (Å²) in [5.74, 6) is 1.71. The summed E-state index contributed by atoms with van der Waals surface area (Å²) < 4.78 is 12.2. The average molecular weight is 415 g/mol. The summed E-state index contributed by atoms with van der Waals surface area (Å²) in [7, 11) is 0. The van der Waals surface area contributed by atoms with Gasteiger partial charge in [0.2, 0.25) is 0 Å². The number of fused-ring (bicyclic) bond motifs is 1. The van der Waals surface area contributed by atoms with Gasteiger partial charge in [0.15, 0.2) is 5.76 Å². The van der Waals surface area contributed by atoms with E-state index in [0.29, 0.717) is 6.61 Å². The summed E-state index contributed by atoms with van der Waals surface area (Å²) in [6.07, 6.45) is 0.848. The van der Waals surface area contributed by atoms with Crippen LogP contribution in [0.3, 0.4) is 0 Å². The molecule has 150 valence electrons. The van der Waals surface area contributed by atoms with Crippen molar-refractivity contribution in [3.8, 4) is 5.75 Å². The molecule has 0 amide bonds. The minimum Gasteiger partial charge on any atom is -0.487 e. The Bertz CT molecular complexity index is 1210. The highest BCUT2D eigenvalue weighted by molar-refractivity contribution is 7.07. The molecule has 0 spiro atoms. The standard InChI is InChI=1S/C25H22N2O2S/c1-25(2)13-21(24(29-25)23-15-30-16-26-23)17-8-11-20(12-9-17)28-14-19-10-7-18-5-3-4-6-22(18)27-19/h3-12,15-16H,13-14H2,1-2H3. The Kier molecular flexibility index (Phi) is 4.75. The molecule has 4 nitrogen and oxygen atoms in total. The van der Waals surface area contributed by atoms with E-state index >= 15 is 0 Å². The van der Waals surface area contributed by atoms with Gasteiger partial charge in [0.1, 0.15) is 23.7 Å². The van der Waals surface area contributed by atoms with Crippen LogP contribution < -0.4 is 4.74 Å². The molecule has 0 atom stereocenters. The molecule has 0 saturated heterocycles. The number of ether oxygens (including phenoxy) is 2. The van der Waals surface area contributed by atoms with Gasteiger partial charge in [0.05, 0.1) is 16.7 Å². The van der Waals surface area contributed by atoms with E-state index < -0.39 is 0 Å². The van der Waals surface area contributed by atoms with Crippen LogP contribution in [0.15, 0.2) is 71.6 Å². The zero-order chi connectivity index (χ0) is 20.6. The van der Waals surface area contributed by atoms with Gasteiger partial charge in [-0.15, -0.1) is 11.3 Å². The molecule has 30 heavy (non-hydrogen) atoms. The summed E-state index contributed by atoms with van der Waals surface area (Å²) in [4.78, 5) is 9.12. The zero-order valence-corrected chi connectivity index (χ0v) is 17.8. The van der Waals surface area contributed by atoms with Crippen molar-refractivity contribution in [3.63, 3.8) is 0 Å². The van der Waals surface area contributed by atoms with Gasteiger partial charge in [0, 0.05) is 22.8 Å². The van der Waals surface area contributed by atoms with E-state index in [-0.39, 0.29) is 5.60 Å². The quantitative estimate of drug-likeness (QED) is 0.382. The normalized spacial score (nSPS) is 15.4. The van der Waals surface area contributed by atoms with E-state index in [1.165, 1.54) is 5.57 Å². The van der Waals surface area contributed by atoms with Gasteiger partial charge in [-0.2, -0.15) is 0 Å². The van der Waals surface area contributed by atoms with Gasteiger partial charge in [-0.25, -0.2) is 9.97 Å². The van der Waals surface area contributed by atoms with Crippen molar-refractivity contribution in [2.75, 3.05) is 0 Å². The second-order valence-corrected chi connectivity index (χ2v) is 8.75. The lowest BCUT2D eigenvalue weighted by molar-refractivity contribution is 0.100. The monoisotopic (exact) mass is 414 g/mol. The van der Waals surface area contributed by atoms with E-state index in [9.17, 15) is 0 Å². The van der Waals surface area contributed by atoms with Gasteiger partial charge in [0.25, 0.3) is 0 Å². The Morgan fingerprint density at radius 2 is 1.87 bits per heavy atom. The molecule has 2 aromatic carbocycles. The first-order valence-corrected chi connectivity index (χ1v) is 10.9. The number of nitrogens with zero attached hydrogens (tertiary/aromatic N) is 2. The minimum absolute atomic E-state index is 0.231. The Labute approximate surface area is 179 Å². The molecule has 0 radical (unpaired) electrons. The van der Waals surface area contributed by atoms with E-state index in [4.69, 9.17) is 9.47 Å². The Morgan fingerprint density at radius 1 is 1.03 bits per heavy atom. The highest BCUT2D eigenvalue weighted by Gasteiger charge is 2.34. The maximum absolute atomic E-state index is 6.22. The predicted molar refractivity (Wildman–Crippen MR) is 121 cm³/mol. The lowest BCUT2D eigenvalue weighted by atomic mass is 9.95. The highest BCUT2D eigenvalue weighted by Crippen LogP contribution is 2.43. The fraction of sp³-hybridized carbons (Fsp3) is 0.200. The second kappa shape index (κ2) is 7.58. The third kappa shape index (κ3) is 3.81. The van der Waals surface area contributed by atoms with Crippen LogP contribution in [-0.2, 0) is 11.3 Å². The van der Waals surface area contributed by atoms with Gasteiger partial charge in [-0.05, 0) is 43.7 Å². The lowest BCUT2D eigenvalue weighted by Gasteiger charge is -2.18. The number of pyridine rings is 1. The van der Waals surface area contributed by atoms with Crippen molar-refractivity contribution < 1.29 is 9.47 Å². The van der Waals surface area contributed by atoms with Crippen molar-refractivity contribution >= 4 is 33.6 Å². The molecule has 5 rings (SSSR count). The molecule has 1 aliphatic heterocycles. The van der Waals surface area contributed by atoms with E-state index in [1.807, 2.05) is 47.3 Å². The summed E-state index contributed by atoms with van der Waals surface area (Å²) in [5, 5.41) is 3.17. The van der Waals surface area contributed by atoms with Crippen LogP contribution in [0.5, 0.6) is 5.75 Å². The first-order valence-electron chi connectivity index (χ1n) is 9.96.